The molecule has 108 valence electrons. The number of halogens is 2. The number of phenols is 1. The zero-order chi connectivity index (χ0) is 15.6. The van der Waals surface area contributed by atoms with Crippen LogP contribution in [-0.2, 0) is 0 Å². The summed E-state index contributed by atoms with van der Waals surface area (Å²) < 4.78 is 26.5. The van der Waals surface area contributed by atoms with Gasteiger partial charge in [-0.15, -0.1) is 0 Å². The molecular weight excluding hydrogens is 284 g/mol. The van der Waals surface area contributed by atoms with Crippen molar-refractivity contribution in [2.45, 2.75) is 0 Å². The lowest BCUT2D eigenvalue weighted by molar-refractivity contribution is 0.0697. The van der Waals surface area contributed by atoms with Crippen LogP contribution in [0.4, 0.5) is 14.5 Å². The van der Waals surface area contributed by atoms with E-state index in [4.69, 9.17) is 10.2 Å². The number of phenolic OH excluding ortho intramolecular Hbond substituents is 1. The fourth-order valence-corrected chi connectivity index (χ4v) is 1.68. The van der Waals surface area contributed by atoms with Crippen LogP contribution in [0.25, 0.3) is 0 Å². The number of carboxylic acid groups (broad SMARTS) is 1. The summed E-state index contributed by atoms with van der Waals surface area (Å²) in [5, 5.41) is 20.2. The summed E-state index contributed by atoms with van der Waals surface area (Å²) in [4.78, 5) is 22.9. The number of nitrogens with one attached hydrogen (secondary N) is 1. The molecule has 0 spiro atoms. The highest BCUT2D eigenvalue weighted by molar-refractivity contribution is 6.07. The molecule has 5 nitrogen and oxygen atoms in total. The lowest BCUT2D eigenvalue weighted by atomic mass is 10.1. The largest absolute Gasteiger partial charge is 0.508 e. The molecule has 21 heavy (non-hydrogen) atoms. The average Bonchev–Trinajstić information content (AvgIpc) is 2.40. The molecule has 0 unspecified atom stereocenters. The molecule has 2 aromatic carbocycles. The molecular formula is C14H9F2NO4. The van der Waals surface area contributed by atoms with Crippen LogP contribution < -0.4 is 5.32 Å². The number of rotatable bonds is 3. The summed E-state index contributed by atoms with van der Waals surface area (Å²) in [7, 11) is 0. The molecule has 0 bridgehead atoms. The molecule has 0 aliphatic carbocycles. The quantitative estimate of drug-likeness (QED) is 0.812. The predicted molar refractivity (Wildman–Crippen MR) is 69.4 cm³/mol. The predicted octanol–water partition coefficient (Wildman–Crippen LogP) is 2.62. The molecule has 0 fully saturated rings. The second kappa shape index (κ2) is 5.58. The number of aromatic carboxylic acids is 1. The Morgan fingerprint density at radius 3 is 2.33 bits per heavy atom. The number of carbonyl (C=O) groups excluding carboxylic acids is 1. The minimum atomic E-state index is -1.43. The van der Waals surface area contributed by atoms with Crippen LogP contribution in [0.3, 0.4) is 0 Å². The fourth-order valence-electron chi connectivity index (χ4n) is 1.68. The first-order valence-electron chi connectivity index (χ1n) is 5.71. The first-order chi connectivity index (χ1) is 9.88. The molecule has 0 heterocycles. The van der Waals surface area contributed by atoms with E-state index in [1.165, 1.54) is 0 Å². The lowest BCUT2D eigenvalue weighted by Gasteiger charge is -2.09. The zero-order valence-electron chi connectivity index (χ0n) is 10.4. The summed E-state index contributed by atoms with van der Waals surface area (Å²) >= 11 is 0. The average molecular weight is 293 g/mol. The molecule has 2 rings (SSSR count). The van der Waals surface area contributed by atoms with Crippen molar-refractivity contribution in [2.24, 2.45) is 0 Å². The Balaban J connectivity index is 2.34. The van der Waals surface area contributed by atoms with Gasteiger partial charge in [0.15, 0.2) is 0 Å². The smallest absolute Gasteiger partial charge is 0.337 e. The van der Waals surface area contributed by atoms with Crippen molar-refractivity contribution in [3.8, 4) is 5.75 Å². The van der Waals surface area contributed by atoms with Gasteiger partial charge in [0.2, 0.25) is 0 Å². The monoisotopic (exact) mass is 293 g/mol. The van der Waals surface area contributed by atoms with Crippen molar-refractivity contribution >= 4 is 17.6 Å². The Kier molecular flexibility index (Phi) is 3.84. The van der Waals surface area contributed by atoms with Crippen molar-refractivity contribution in [3.05, 3.63) is 59.2 Å². The van der Waals surface area contributed by atoms with Crippen molar-refractivity contribution in [1.29, 1.82) is 0 Å². The van der Waals surface area contributed by atoms with Gasteiger partial charge in [0, 0.05) is 6.07 Å². The Bertz CT molecular complexity index is 731. The third-order valence-corrected chi connectivity index (χ3v) is 2.66. The van der Waals surface area contributed by atoms with Crippen molar-refractivity contribution in [3.63, 3.8) is 0 Å². The number of hydrogen-bond acceptors (Lipinski definition) is 3. The van der Waals surface area contributed by atoms with E-state index in [1.54, 1.807) is 0 Å². The van der Waals surface area contributed by atoms with Gasteiger partial charge in [0.1, 0.15) is 17.4 Å². The van der Waals surface area contributed by atoms with Gasteiger partial charge in [0.05, 0.1) is 16.8 Å². The highest BCUT2D eigenvalue weighted by atomic mass is 19.1. The van der Waals surface area contributed by atoms with Gasteiger partial charge < -0.3 is 15.5 Å². The third kappa shape index (κ3) is 3.14. The summed E-state index contributed by atoms with van der Waals surface area (Å²) in [5.41, 5.74) is -1.00. The number of carbonyl (C=O) groups is 2. The standard InChI is InChI=1S/C14H9F2NO4/c15-7-1-4-12(10(5-7)14(20)21)17-13(19)9-3-2-8(18)6-11(9)16/h1-6,18H,(H,17,19)(H,20,21). The van der Waals surface area contributed by atoms with E-state index in [-0.39, 0.29) is 17.0 Å². The molecule has 0 atom stereocenters. The topological polar surface area (TPSA) is 86.6 Å². The van der Waals surface area contributed by atoms with E-state index in [1.807, 2.05) is 0 Å². The zero-order valence-corrected chi connectivity index (χ0v) is 10.4. The van der Waals surface area contributed by atoms with E-state index in [9.17, 15) is 18.4 Å². The molecule has 0 saturated heterocycles. The first kappa shape index (κ1) is 14.4. The molecule has 3 N–H and O–H groups in total. The second-order valence-corrected chi connectivity index (χ2v) is 4.11. The van der Waals surface area contributed by atoms with Gasteiger partial charge in [-0.1, -0.05) is 0 Å². The van der Waals surface area contributed by atoms with Crippen LogP contribution in [0.5, 0.6) is 5.75 Å². The molecule has 0 saturated carbocycles. The number of benzene rings is 2. The Morgan fingerprint density at radius 1 is 1.00 bits per heavy atom. The summed E-state index contributed by atoms with van der Waals surface area (Å²) in [6, 6.07) is 5.68. The minimum Gasteiger partial charge on any atom is -0.508 e. The number of hydrogen-bond donors (Lipinski definition) is 3. The van der Waals surface area contributed by atoms with Crippen LogP contribution in [-0.4, -0.2) is 22.1 Å². The highest BCUT2D eigenvalue weighted by Gasteiger charge is 2.17. The minimum absolute atomic E-state index is 0.165. The van der Waals surface area contributed by atoms with Gasteiger partial charge in [-0.25, -0.2) is 13.6 Å². The van der Waals surface area contributed by atoms with Crippen molar-refractivity contribution in [1.82, 2.24) is 0 Å². The normalized spacial score (nSPS) is 10.2. The van der Waals surface area contributed by atoms with E-state index in [2.05, 4.69) is 5.32 Å². The van der Waals surface area contributed by atoms with Gasteiger partial charge >= 0.3 is 5.97 Å². The van der Waals surface area contributed by atoms with Crippen LogP contribution >= 0.6 is 0 Å². The molecule has 0 aliphatic rings. The summed E-state index contributed by atoms with van der Waals surface area (Å²) in [6.45, 7) is 0. The molecule has 7 heteroatoms. The van der Waals surface area contributed by atoms with Gasteiger partial charge in [-0.05, 0) is 30.3 Å². The second-order valence-electron chi connectivity index (χ2n) is 4.11. The molecule has 2 aromatic rings. The van der Waals surface area contributed by atoms with Crippen LogP contribution in [0.15, 0.2) is 36.4 Å². The number of carboxylic acids is 1. The summed E-state index contributed by atoms with van der Waals surface area (Å²) in [5.74, 6) is -4.44. The fraction of sp³-hybridized carbons (Fsp3) is 0. The van der Waals surface area contributed by atoms with E-state index in [0.717, 1.165) is 36.4 Å². The maximum Gasteiger partial charge on any atom is 0.337 e. The number of amides is 1. The van der Waals surface area contributed by atoms with Gasteiger partial charge in [-0.3, -0.25) is 4.79 Å². The van der Waals surface area contributed by atoms with Crippen LogP contribution in [0.2, 0.25) is 0 Å². The molecule has 1 amide bonds. The lowest BCUT2D eigenvalue weighted by Crippen LogP contribution is -2.16. The van der Waals surface area contributed by atoms with Crippen LogP contribution in [0, 0.1) is 11.6 Å². The number of anilines is 1. The first-order valence-corrected chi connectivity index (χ1v) is 5.71. The maximum absolute atomic E-state index is 13.5. The molecule has 0 aromatic heterocycles. The number of aromatic hydroxyl groups is 1. The molecule has 0 radical (unpaired) electrons. The van der Waals surface area contributed by atoms with Crippen LogP contribution in [0.1, 0.15) is 20.7 Å². The van der Waals surface area contributed by atoms with E-state index in [0.29, 0.717) is 0 Å². The Morgan fingerprint density at radius 2 is 1.71 bits per heavy atom. The Hall–Kier alpha value is -2.96. The SMILES string of the molecule is O=C(Nc1ccc(F)cc1C(=O)O)c1ccc(O)cc1F. The van der Waals surface area contributed by atoms with E-state index < -0.39 is 29.1 Å². The van der Waals surface area contributed by atoms with Gasteiger partial charge in [-0.2, -0.15) is 0 Å². The third-order valence-electron chi connectivity index (χ3n) is 2.66. The van der Waals surface area contributed by atoms with Gasteiger partial charge in [0.25, 0.3) is 5.91 Å². The highest BCUT2D eigenvalue weighted by Crippen LogP contribution is 2.20. The Labute approximate surface area is 117 Å². The van der Waals surface area contributed by atoms with Crippen molar-refractivity contribution in [2.75, 3.05) is 5.32 Å². The summed E-state index contributed by atoms with van der Waals surface area (Å²) in [6.07, 6.45) is 0. The molecule has 0 aliphatic heterocycles. The van der Waals surface area contributed by atoms with Crippen molar-refractivity contribution < 1.29 is 28.6 Å². The van der Waals surface area contributed by atoms with E-state index >= 15 is 0 Å². The maximum atomic E-state index is 13.5.